The van der Waals surface area contributed by atoms with Crippen molar-refractivity contribution >= 4 is 11.0 Å². The Kier molecular flexibility index (Phi) is 2.52. The molecule has 19 heavy (non-hydrogen) atoms. The highest BCUT2D eigenvalue weighted by molar-refractivity contribution is 5.78. The molecule has 0 aliphatic carbocycles. The Bertz CT molecular complexity index is 827. The molecule has 5 heteroatoms. The molecule has 0 saturated heterocycles. The molecule has 94 valence electrons. The lowest BCUT2D eigenvalue weighted by atomic mass is 10.1. The first kappa shape index (κ1) is 11.4. The Hall–Kier alpha value is -2.69. The first-order chi connectivity index (χ1) is 9.13. The van der Waals surface area contributed by atoms with Gasteiger partial charge < -0.3 is 10.1 Å². The van der Waals surface area contributed by atoms with Crippen molar-refractivity contribution in [1.29, 1.82) is 0 Å². The van der Waals surface area contributed by atoms with Crippen LogP contribution < -0.4 is 5.43 Å². The Morgan fingerprint density at radius 3 is 2.84 bits per heavy atom. The fraction of sp³-hybridized carbons (Fsp3) is 0. The summed E-state index contributed by atoms with van der Waals surface area (Å²) in [5, 5.41) is 9.63. The van der Waals surface area contributed by atoms with Crippen LogP contribution in [0.1, 0.15) is 0 Å². The van der Waals surface area contributed by atoms with Gasteiger partial charge >= 0.3 is 0 Å². The zero-order chi connectivity index (χ0) is 13.4. The number of aromatic hydroxyl groups is 1. The average Bonchev–Trinajstić information content (AvgIpc) is 2.39. The minimum Gasteiger partial charge on any atom is -0.508 e. The molecule has 0 unspecified atom stereocenters. The van der Waals surface area contributed by atoms with Crippen molar-refractivity contribution in [3.8, 4) is 17.0 Å². The van der Waals surface area contributed by atoms with Gasteiger partial charge in [-0.15, -0.1) is 0 Å². The van der Waals surface area contributed by atoms with E-state index >= 15 is 0 Å². The van der Waals surface area contributed by atoms with Gasteiger partial charge in [0.2, 0.25) is 0 Å². The van der Waals surface area contributed by atoms with E-state index in [4.69, 9.17) is 0 Å². The van der Waals surface area contributed by atoms with Gasteiger partial charge in [0.1, 0.15) is 17.2 Å². The van der Waals surface area contributed by atoms with Gasteiger partial charge in [-0.25, -0.2) is 9.37 Å². The fourth-order valence-corrected chi connectivity index (χ4v) is 1.93. The first-order valence-electron chi connectivity index (χ1n) is 5.61. The Labute approximate surface area is 107 Å². The van der Waals surface area contributed by atoms with Crippen LogP contribution in [0.25, 0.3) is 22.3 Å². The SMILES string of the molecule is O=c1cc(-c2cccc(O)c2)[nH]c2ncc(F)cc12. The van der Waals surface area contributed by atoms with Gasteiger partial charge in [-0.05, 0) is 18.2 Å². The number of phenolic OH excluding ortho intramolecular Hbond substituents is 1. The third-order valence-electron chi connectivity index (χ3n) is 2.81. The second-order valence-corrected chi connectivity index (χ2v) is 4.15. The van der Waals surface area contributed by atoms with Crippen LogP contribution in [0.15, 0.2) is 47.4 Å². The summed E-state index contributed by atoms with van der Waals surface area (Å²) >= 11 is 0. The van der Waals surface area contributed by atoms with Crippen LogP contribution in [-0.4, -0.2) is 15.1 Å². The highest BCUT2D eigenvalue weighted by Crippen LogP contribution is 2.21. The van der Waals surface area contributed by atoms with Crippen molar-refractivity contribution in [1.82, 2.24) is 9.97 Å². The first-order valence-corrected chi connectivity index (χ1v) is 5.61. The standard InChI is InChI=1S/C14H9FN2O2/c15-9-5-11-13(19)6-12(17-14(11)16-7-9)8-2-1-3-10(18)4-8/h1-7,18H,(H,16,17,19). The van der Waals surface area contributed by atoms with Crippen LogP contribution in [0.2, 0.25) is 0 Å². The number of halogens is 1. The van der Waals surface area contributed by atoms with E-state index < -0.39 is 5.82 Å². The molecule has 0 aliphatic heterocycles. The monoisotopic (exact) mass is 256 g/mol. The van der Waals surface area contributed by atoms with E-state index in [9.17, 15) is 14.3 Å². The molecule has 3 aromatic rings. The highest BCUT2D eigenvalue weighted by Gasteiger charge is 2.06. The molecular weight excluding hydrogens is 247 g/mol. The minimum absolute atomic E-state index is 0.102. The number of hydrogen-bond acceptors (Lipinski definition) is 3. The molecule has 0 atom stereocenters. The quantitative estimate of drug-likeness (QED) is 0.702. The van der Waals surface area contributed by atoms with Crippen LogP contribution >= 0.6 is 0 Å². The second kappa shape index (κ2) is 4.20. The van der Waals surface area contributed by atoms with E-state index in [1.54, 1.807) is 12.1 Å². The summed E-state index contributed by atoms with van der Waals surface area (Å²) in [6.07, 6.45) is 1.05. The van der Waals surface area contributed by atoms with Gasteiger partial charge in [-0.3, -0.25) is 4.79 Å². The van der Waals surface area contributed by atoms with E-state index in [1.807, 2.05) is 0 Å². The summed E-state index contributed by atoms with van der Waals surface area (Å²) in [4.78, 5) is 18.7. The molecule has 3 rings (SSSR count). The smallest absolute Gasteiger partial charge is 0.191 e. The van der Waals surface area contributed by atoms with Crippen molar-refractivity contribution in [2.75, 3.05) is 0 Å². The predicted molar refractivity (Wildman–Crippen MR) is 69.4 cm³/mol. The largest absolute Gasteiger partial charge is 0.508 e. The summed E-state index contributed by atoms with van der Waals surface area (Å²) in [5.41, 5.74) is 1.17. The van der Waals surface area contributed by atoms with Crippen LogP contribution in [0.3, 0.4) is 0 Å². The molecule has 2 N–H and O–H groups in total. The molecule has 2 heterocycles. The highest BCUT2D eigenvalue weighted by atomic mass is 19.1. The maximum absolute atomic E-state index is 13.0. The Morgan fingerprint density at radius 1 is 1.21 bits per heavy atom. The molecular formula is C14H9FN2O2. The summed E-state index contributed by atoms with van der Waals surface area (Å²) in [7, 11) is 0. The summed E-state index contributed by atoms with van der Waals surface area (Å²) in [5.74, 6) is -0.450. The maximum atomic E-state index is 13.0. The summed E-state index contributed by atoms with van der Waals surface area (Å²) in [6, 6.07) is 8.99. The zero-order valence-electron chi connectivity index (χ0n) is 9.72. The van der Waals surface area contributed by atoms with Gasteiger partial charge in [0.05, 0.1) is 17.3 Å². The number of aromatic nitrogens is 2. The van der Waals surface area contributed by atoms with E-state index in [2.05, 4.69) is 9.97 Å². The van der Waals surface area contributed by atoms with Crippen molar-refractivity contribution in [3.63, 3.8) is 0 Å². The van der Waals surface area contributed by atoms with E-state index in [0.717, 1.165) is 12.3 Å². The third kappa shape index (κ3) is 2.06. The molecule has 1 aromatic carbocycles. The number of pyridine rings is 2. The minimum atomic E-state index is -0.553. The zero-order valence-corrected chi connectivity index (χ0v) is 9.72. The number of phenols is 1. The van der Waals surface area contributed by atoms with Crippen LogP contribution in [0.4, 0.5) is 4.39 Å². The number of benzene rings is 1. The van der Waals surface area contributed by atoms with Gasteiger partial charge in [0.15, 0.2) is 5.43 Å². The molecule has 0 bridgehead atoms. The van der Waals surface area contributed by atoms with E-state index in [0.29, 0.717) is 16.9 Å². The van der Waals surface area contributed by atoms with Crippen molar-refractivity contribution < 1.29 is 9.50 Å². The topological polar surface area (TPSA) is 66.0 Å². The predicted octanol–water partition coefficient (Wildman–Crippen LogP) is 2.43. The van der Waals surface area contributed by atoms with Crippen molar-refractivity contribution in [2.24, 2.45) is 0 Å². The van der Waals surface area contributed by atoms with E-state index in [-0.39, 0.29) is 16.6 Å². The van der Waals surface area contributed by atoms with Crippen LogP contribution in [0, 0.1) is 5.82 Å². The molecule has 0 saturated carbocycles. The lowest BCUT2D eigenvalue weighted by Crippen LogP contribution is -2.04. The number of aromatic amines is 1. The van der Waals surface area contributed by atoms with Crippen LogP contribution in [0.5, 0.6) is 5.75 Å². The lowest BCUT2D eigenvalue weighted by Gasteiger charge is -2.04. The van der Waals surface area contributed by atoms with Crippen molar-refractivity contribution in [3.05, 3.63) is 58.6 Å². The normalized spacial score (nSPS) is 10.8. The van der Waals surface area contributed by atoms with Gasteiger partial charge in [-0.2, -0.15) is 0 Å². The lowest BCUT2D eigenvalue weighted by molar-refractivity contribution is 0.475. The fourth-order valence-electron chi connectivity index (χ4n) is 1.93. The number of nitrogens with one attached hydrogen (secondary N) is 1. The van der Waals surface area contributed by atoms with Crippen LogP contribution in [-0.2, 0) is 0 Å². The summed E-state index contributed by atoms with van der Waals surface area (Å²) in [6.45, 7) is 0. The Balaban J connectivity index is 2.27. The molecule has 0 aliphatic rings. The molecule has 0 fully saturated rings. The third-order valence-corrected chi connectivity index (χ3v) is 2.81. The van der Waals surface area contributed by atoms with Crippen molar-refractivity contribution in [2.45, 2.75) is 0 Å². The molecule has 0 spiro atoms. The van der Waals surface area contributed by atoms with E-state index in [1.165, 1.54) is 18.2 Å². The number of fused-ring (bicyclic) bond motifs is 1. The number of H-pyrrole nitrogens is 1. The molecule has 0 amide bonds. The second-order valence-electron chi connectivity index (χ2n) is 4.15. The van der Waals surface area contributed by atoms with Gasteiger partial charge in [0, 0.05) is 11.6 Å². The average molecular weight is 256 g/mol. The molecule has 4 nitrogen and oxygen atoms in total. The Morgan fingerprint density at radius 2 is 2.05 bits per heavy atom. The summed E-state index contributed by atoms with van der Waals surface area (Å²) < 4.78 is 13.0. The maximum Gasteiger partial charge on any atom is 0.191 e. The number of hydrogen-bond donors (Lipinski definition) is 2. The van der Waals surface area contributed by atoms with Gasteiger partial charge in [0.25, 0.3) is 0 Å². The molecule has 0 radical (unpaired) electrons. The number of rotatable bonds is 1. The molecule has 2 aromatic heterocycles. The number of nitrogens with zero attached hydrogens (tertiary/aromatic N) is 1. The van der Waals surface area contributed by atoms with Gasteiger partial charge in [-0.1, -0.05) is 12.1 Å².